The molecule has 0 aliphatic rings. The van der Waals surface area contributed by atoms with Gasteiger partial charge in [0.05, 0.1) is 19.4 Å². The van der Waals surface area contributed by atoms with Crippen LogP contribution in [0.15, 0.2) is 18.2 Å². The van der Waals surface area contributed by atoms with E-state index in [2.05, 4.69) is 5.32 Å². The molecule has 0 aromatic heterocycles. The first-order valence-corrected chi connectivity index (χ1v) is 4.72. The van der Waals surface area contributed by atoms with E-state index in [1.165, 1.54) is 0 Å². The molecule has 0 atom stereocenters. The minimum atomic E-state index is 0.648. The molecule has 0 spiro atoms. The van der Waals surface area contributed by atoms with Crippen molar-refractivity contribution in [2.45, 2.75) is 0 Å². The quantitative estimate of drug-likeness (QED) is 0.766. The molecule has 4 heteroatoms. The summed E-state index contributed by atoms with van der Waals surface area (Å²) in [5.74, 6) is 0.783. The number of nitrogens with one attached hydrogen (secondary N) is 1. The number of benzene rings is 1. The first-order valence-electron chi connectivity index (χ1n) is 4.34. The molecule has 14 heavy (non-hydrogen) atoms. The van der Waals surface area contributed by atoms with E-state index in [9.17, 15) is 0 Å². The fourth-order valence-electron chi connectivity index (χ4n) is 1.11. The van der Waals surface area contributed by atoms with E-state index < -0.39 is 0 Å². The lowest BCUT2D eigenvalue weighted by atomic mass is 10.3. The largest absolute Gasteiger partial charge is 0.495 e. The van der Waals surface area contributed by atoms with Gasteiger partial charge >= 0.3 is 0 Å². The fraction of sp³-hybridized carbons (Fsp3) is 0.400. The van der Waals surface area contributed by atoms with Crippen LogP contribution in [0.2, 0.25) is 5.02 Å². The molecule has 3 nitrogen and oxygen atoms in total. The van der Waals surface area contributed by atoms with Crippen molar-refractivity contribution >= 4 is 17.3 Å². The highest BCUT2D eigenvalue weighted by Gasteiger charge is 2.02. The number of anilines is 1. The Bertz CT molecular complexity index is 291. The molecule has 1 aromatic rings. The molecular formula is C10H14ClNO2. The smallest absolute Gasteiger partial charge is 0.142 e. The summed E-state index contributed by atoms with van der Waals surface area (Å²) in [5, 5.41) is 3.86. The highest BCUT2D eigenvalue weighted by atomic mass is 35.5. The van der Waals surface area contributed by atoms with E-state index in [-0.39, 0.29) is 0 Å². The number of hydrogen-bond acceptors (Lipinski definition) is 3. The lowest BCUT2D eigenvalue weighted by Gasteiger charge is -2.10. The average molecular weight is 216 g/mol. The average Bonchev–Trinajstić information content (AvgIpc) is 2.19. The van der Waals surface area contributed by atoms with Crippen LogP contribution in [0.4, 0.5) is 5.69 Å². The second kappa shape index (κ2) is 5.73. The Morgan fingerprint density at radius 2 is 2.14 bits per heavy atom. The van der Waals surface area contributed by atoms with E-state index >= 15 is 0 Å². The molecule has 0 saturated carbocycles. The summed E-state index contributed by atoms with van der Waals surface area (Å²) < 4.78 is 10.1. The summed E-state index contributed by atoms with van der Waals surface area (Å²) in [6.07, 6.45) is 0. The van der Waals surface area contributed by atoms with Crippen LogP contribution < -0.4 is 10.1 Å². The van der Waals surface area contributed by atoms with Gasteiger partial charge in [-0.15, -0.1) is 0 Å². The molecule has 1 N–H and O–H groups in total. The lowest BCUT2D eigenvalue weighted by molar-refractivity contribution is 0.210. The van der Waals surface area contributed by atoms with Crippen LogP contribution in [0.25, 0.3) is 0 Å². The third kappa shape index (κ3) is 3.09. The predicted molar refractivity (Wildman–Crippen MR) is 58.4 cm³/mol. The molecule has 0 heterocycles. The van der Waals surface area contributed by atoms with Crippen molar-refractivity contribution in [3.8, 4) is 5.75 Å². The zero-order valence-electron chi connectivity index (χ0n) is 8.34. The summed E-state index contributed by atoms with van der Waals surface area (Å²) >= 11 is 5.86. The maximum atomic E-state index is 5.86. The highest BCUT2D eigenvalue weighted by molar-refractivity contribution is 6.30. The molecule has 1 aromatic carbocycles. The predicted octanol–water partition coefficient (Wildman–Crippen LogP) is 2.41. The van der Waals surface area contributed by atoms with E-state index in [1.54, 1.807) is 20.3 Å². The topological polar surface area (TPSA) is 30.5 Å². The second-order valence-electron chi connectivity index (χ2n) is 2.76. The molecule has 0 fully saturated rings. The van der Waals surface area contributed by atoms with Crippen LogP contribution in [-0.2, 0) is 4.74 Å². The van der Waals surface area contributed by atoms with Crippen molar-refractivity contribution in [1.82, 2.24) is 0 Å². The van der Waals surface area contributed by atoms with Gasteiger partial charge in [0.2, 0.25) is 0 Å². The van der Waals surface area contributed by atoms with Gasteiger partial charge in [0.25, 0.3) is 0 Å². The third-order valence-electron chi connectivity index (χ3n) is 1.78. The maximum Gasteiger partial charge on any atom is 0.142 e. The minimum absolute atomic E-state index is 0.648. The van der Waals surface area contributed by atoms with E-state index in [0.29, 0.717) is 11.6 Å². The van der Waals surface area contributed by atoms with Gasteiger partial charge in [-0.2, -0.15) is 0 Å². The highest BCUT2D eigenvalue weighted by Crippen LogP contribution is 2.27. The molecule has 0 radical (unpaired) electrons. The van der Waals surface area contributed by atoms with Gasteiger partial charge in [-0.3, -0.25) is 0 Å². The molecule has 1 rings (SSSR count). The summed E-state index contributed by atoms with van der Waals surface area (Å²) in [7, 11) is 3.29. The Labute approximate surface area is 89.0 Å². The van der Waals surface area contributed by atoms with Crippen molar-refractivity contribution in [3.05, 3.63) is 23.2 Å². The van der Waals surface area contributed by atoms with Gasteiger partial charge in [0.15, 0.2) is 0 Å². The Morgan fingerprint density at radius 3 is 2.79 bits per heavy atom. The van der Waals surface area contributed by atoms with E-state index in [4.69, 9.17) is 21.1 Å². The maximum absolute atomic E-state index is 5.86. The van der Waals surface area contributed by atoms with Gasteiger partial charge in [-0.1, -0.05) is 11.6 Å². The van der Waals surface area contributed by atoms with Crippen molar-refractivity contribution in [2.24, 2.45) is 0 Å². The number of rotatable bonds is 5. The molecule has 0 aliphatic heterocycles. The Kier molecular flexibility index (Phi) is 4.56. The molecule has 0 aliphatic carbocycles. The van der Waals surface area contributed by atoms with Gasteiger partial charge < -0.3 is 14.8 Å². The zero-order chi connectivity index (χ0) is 10.4. The summed E-state index contributed by atoms with van der Waals surface area (Å²) in [6, 6.07) is 5.45. The van der Waals surface area contributed by atoms with Crippen LogP contribution in [0.5, 0.6) is 5.75 Å². The van der Waals surface area contributed by atoms with Crippen LogP contribution in [0, 0.1) is 0 Å². The monoisotopic (exact) mass is 215 g/mol. The molecule has 78 valence electrons. The Balaban J connectivity index is 2.67. The first kappa shape index (κ1) is 11.1. The van der Waals surface area contributed by atoms with Gasteiger partial charge in [0, 0.05) is 18.7 Å². The van der Waals surface area contributed by atoms with Gasteiger partial charge in [0.1, 0.15) is 5.75 Å². The summed E-state index contributed by atoms with van der Waals surface area (Å²) in [5.41, 5.74) is 0.886. The third-order valence-corrected chi connectivity index (χ3v) is 2.02. The van der Waals surface area contributed by atoms with Crippen molar-refractivity contribution in [3.63, 3.8) is 0 Å². The lowest BCUT2D eigenvalue weighted by Crippen LogP contribution is -2.08. The number of ether oxygens (including phenoxy) is 2. The van der Waals surface area contributed by atoms with Crippen molar-refractivity contribution < 1.29 is 9.47 Å². The number of hydrogen-bond donors (Lipinski definition) is 1. The first-order chi connectivity index (χ1) is 6.77. The Morgan fingerprint density at radius 1 is 1.36 bits per heavy atom. The summed E-state index contributed by atoms with van der Waals surface area (Å²) in [6.45, 7) is 1.38. The fourth-order valence-corrected chi connectivity index (χ4v) is 1.28. The standard InChI is InChI=1S/C10H14ClNO2/c1-13-6-5-12-9-7-8(11)3-4-10(9)14-2/h3-4,7,12H,5-6H2,1-2H3. The molecule has 0 bridgehead atoms. The molecule has 0 amide bonds. The van der Waals surface area contributed by atoms with Crippen LogP contribution in [0.3, 0.4) is 0 Å². The van der Waals surface area contributed by atoms with E-state index in [0.717, 1.165) is 18.0 Å². The van der Waals surface area contributed by atoms with Crippen LogP contribution in [0.1, 0.15) is 0 Å². The van der Waals surface area contributed by atoms with Crippen molar-refractivity contribution in [1.29, 1.82) is 0 Å². The normalized spacial score (nSPS) is 9.93. The molecular weight excluding hydrogens is 202 g/mol. The number of halogens is 1. The van der Waals surface area contributed by atoms with E-state index in [1.807, 2.05) is 12.1 Å². The van der Waals surface area contributed by atoms with Crippen molar-refractivity contribution in [2.75, 3.05) is 32.7 Å². The molecule has 0 saturated heterocycles. The van der Waals surface area contributed by atoms with Crippen LogP contribution in [-0.4, -0.2) is 27.4 Å². The minimum Gasteiger partial charge on any atom is -0.495 e. The summed E-state index contributed by atoms with van der Waals surface area (Å²) in [4.78, 5) is 0. The van der Waals surface area contributed by atoms with Gasteiger partial charge in [-0.25, -0.2) is 0 Å². The zero-order valence-corrected chi connectivity index (χ0v) is 9.10. The molecule has 0 unspecified atom stereocenters. The van der Waals surface area contributed by atoms with Gasteiger partial charge in [-0.05, 0) is 18.2 Å². The SMILES string of the molecule is COCCNc1cc(Cl)ccc1OC. The Hall–Kier alpha value is -0.930. The second-order valence-corrected chi connectivity index (χ2v) is 3.20. The van der Waals surface area contributed by atoms with Crippen LogP contribution >= 0.6 is 11.6 Å². The number of methoxy groups -OCH3 is 2.